The molecule has 0 saturated heterocycles. The maximum absolute atomic E-state index is 10.2. The smallest absolute Gasteiger partial charge is 0.118 e. The number of aryl methyl sites for hydroxylation is 3. The summed E-state index contributed by atoms with van der Waals surface area (Å²) >= 11 is 0. The molecule has 2 aliphatic carbocycles. The van der Waals surface area contributed by atoms with E-state index in [1.807, 2.05) is 52.0 Å². The molecule has 2 unspecified atom stereocenters. The summed E-state index contributed by atoms with van der Waals surface area (Å²) in [5.74, 6) is 1.38. The van der Waals surface area contributed by atoms with E-state index in [1.165, 1.54) is 33.4 Å². The second kappa shape index (κ2) is 10.3. The lowest BCUT2D eigenvalue weighted by molar-refractivity contribution is 0.422. The van der Waals surface area contributed by atoms with E-state index in [0.717, 1.165) is 35.1 Å². The molecule has 0 radical (unpaired) electrons. The Morgan fingerprint density at radius 2 is 0.909 bits per heavy atom. The van der Waals surface area contributed by atoms with Gasteiger partial charge < -0.3 is 20.4 Å². The summed E-state index contributed by atoms with van der Waals surface area (Å²) in [4.78, 5) is 0. The summed E-state index contributed by atoms with van der Waals surface area (Å²) in [6.45, 7) is 21.4. The number of phenolic OH excluding ortho intramolecular Hbond substituents is 4. The van der Waals surface area contributed by atoms with Crippen molar-refractivity contribution in [3.05, 3.63) is 116 Å². The Morgan fingerprint density at radius 3 is 1.45 bits per heavy atom. The van der Waals surface area contributed by atoms with Crippen molar-refractivity contribution in [2.24, 2.45) is 0 Å². The molecule has 6 rings (SSSR count). The van der Waals surface area contributed by atoms with Crippen molar-refractivity contribution in [3.63, 3.8) is 0 Å². The number of hydrogen-bond acceptors (Lipinski definition) is 4. The molecule has 44 heavy (non-hydrogen) atoms. The Morgan fingerprint density at radius 1 is 0.455 bits per heavy atom. The molecule has 232 valence electrons. The number of phenols is 4. The van der Waals surface area contributed by atoms with Gasteiger partial charge in [0, 0.05) is 10.8 Å². The van der Waals surface area contributed by atoms with Crippen LogP contribution in [0.2, 0.25) is 0 Å². The summed E-state index contributed by atoms with van der Waals surface area (Å²) in [7, 11) is 0. The van der Waals surface area contributed by atoms with E-state index in [2.05, 4.69) is 65.8 Å². The summed E-state index contributed by atoms with van der Waals surface area (Å²) in [6, 6.07) is 19.6. The Bertz CT molecular complexity index is 1770. The Kier molecular flexibility index (Phi) is 7.39. The monoisotopic (exact) mass is 592 g/mol. The molecule has 0 aromatic heterocycles. The van der Waals surface area contributed by atoms with Crippen molar-refractivity contribution in [1.82, 2.24) is 0 Å². The normalized spacial score (nSPS) is 22.6. The maximum atomic E-state index is 10.2. The van der Waals surface area contributed by atoms with Crippen LogP contribution in [0.5, 0.6) is 23.0 Å². The molecule has 4 N–H and O–H groups in total. The first kappa shape index (κ1) is 31.5. The predicted molar refractivity (Wildman–Crippen MR) is 180 cm³/mol. The molecule has 0 amide bonds. The molecule has 0 bridgehead atoms. The van der Waals surface area contributed by atoms with Crippen LogP contribution in [0, 0.1) is 27.7 Å². The van der Waals surface area contributed by atoms with Crippen molar-refractivity contribution in [2.45, 2.75) is 104 Å². The van der Waals surface area contributed by atoms with Crippen LogP contribution in [-0.2, 0) is 21.7 Å². The van der Waals surface area contributed by atoms with Gasteiger partial charge >= 0.3 is 0 Å². The van der Waals surface area contributed by atoms with Crippen LogP contribution in [0.15, 0.2) is 60.7 Å². The van der Waals surface area contributed by atoms with Gasteiger partial charge in [-0.25, -0.2) is 0 Å². The molecule has 2 aliphatic rings. The number of hydrogen-bond donors (Lipinski definition) is 4. The fourth-order valence-corrected chi connectivity index (χ4v) is 8.33. The molecule has 4 aromatic carbocycles. The molecule has 0 aliphatic heterocycles. The van der Waals surface area contributed by atoms with Crippen LogP contribution in [-0.4, -0.2) is 20.4 Å². The van der Waals surface area contributed by atoms with Crippen molar-refractivity contribution >= 4 is 0 Å². The van der Waals surface area contributed by atoms with E-state index in [0.29, 0.717) is 23.0 Å². The fourth-order valence-electron chi connectivity index (χ4n) is 8.33. The SMILES string of the molecule is Cc1cc(C2(C)CC(C)(C)c3cc(C)c(O)cc32)ccc1O.Cc1cc(C2(C)CC(C)(C)c3ccc(O)c(C)c32)ccc1O. The highest BCUT2D eigenvalue weighted by Gasteiger charge is 2.48. The van der Waals surface area contributed by atoms with E-state index in [4.69, 9.17) is 0 Å². The highest BCUT2D eigenvalue weighted by Crippen LogP contribution is 2.56. The number of rotatable bonds is 2. The molecule has 4 aromatic rings. The van der Waals surface area contributed by atoms with Crippen molar-refractivity contribution < 1.29 is 20.4 Å². The number of benzene rings is 4. The highest BCUT2D eigenvalue weighted by atomic mass is 16.3. The minimum atomic E-state index is -0.153. The predicted octanol–water partition coefficient (Wildman–Crippen LogP) is 9.40. The average molecular weight is 593 g/mol. The molecular weight excluding hydrogens is 544 g/mol. The van der Waals surface area contributed by atoms with Crippen molar-refractivity contribution in [2.75, 3.05) is 0 Å². The lowest BCUT2D eigenvalue weighted by atomic mass is 9.73. The third-order valence-corrected chi connectivity index (χ3v) is 10.6. The van der Waals surface area contributed by atoms with Crippen LogP contribution < -0.4 is 0 Å². The highest BCUT2D eigenvalue weighted by molar-refractivity contribution is 5.60. The first-order valence-corrected chi connectivity index (χ1v) is 15.6. The second-order valence-electron chi connectivity index (χ2n) is 15.1. The quantitative estimate of drug-likeness (QED) is 0.187. The molecule has 0 fully saturated rings. The maximum Gasteiger partial charge on any atom is 0.118 e. The van der Waals surface area contributed by atoms with Crippen molar-refractivity contribution in [1.29, 1.82) is 0 Å². The third-order valence-electron chi connectivity index (χ3n) is 10.6. The standard InChI is InChI=1S/2C20H24O2/c1-12-10-14(6-8-16(12)21)20(5)11-19(3,4)15-7-9-17(22)13(2)18(15)20;1-12-8-14(6-7-17(12)21)20(5)11-19(3,4)15-9-13(2)18(22)10-16(15)20/h2*6-10,21-22H,11H2,1-5H3. The zero-order valence-electron chi connectivity index (χ0n) is 28.0. The van der Waals surface area contributed by atoms with Gasteiger partial charge in [-0.05, 0) is 131 Å². The van der Waals surface area contributed by atoms with E-state index >= 15 is 0 Å². The lowest BCUT2D eigenvalue weighted by Gasteiger charge is -2.30. The van der Waals surface area contributed by atoms with Gasteiger partial charge in [-0.1, -0.05) is 77.9 Å². The molecule has 0 heterocycles. The van der Waals surface area contributed by atoms with Gasteiger partial charge in [0.1, 0.15) is 23.0 Å². The van der Waals surface area contributed by atoms with Crippen LogP contribution >= 0.6 is 0 Å². The topological polar surface area (TPSA) is 80.9 Å². The Balaban J connectivity index is 0.000000175. The second-order valence-corrected chi connectivity index (χ2v) is 15.1. The van der Waals surface area contributed by atoms with Gasteiger partial charge in [-0.2, -0.15) is 0 Å². The van der Waals surface area contributed by atoms with Gasteiger partial charge in [-0.3, -0.25) is 0 Å². The van der Waals surface area contributed by atoms with Gasteiger partial charge in [0.05, 0.1) is 0 Å². The summed E-state index contributed by atoms with van der Waals surface area (Å²) in [5.41, 5.74) is 11.0. The number of aromatic hydroxyl groups is 4. The first-order valence-electron chi connectivity index (χ1n) is 15.6. The van der Waals surface area contributed by atoms with Gasteiger partial charge in [0.25, 0.3) is 0 Å². The third kappa shape index (κ3) is 4.93. The number of fused-ring (bicyclic) bond motifs is 2. The lowest BCUT2D eigenvalue weighted by Crippen LogP contribution is -2.24. The fraction of sp³-hybridized carbons (Fsp3) is 0.400. The Labute approximate surface area is 263 Å². The van der Waals surface area contributed by atoms with Gasteiger partial charge in [0.2, 0.25) is 0 Å². The Hall–Kier alpha value is -3.92. The van der Waals surface area contributed by atoms with Crippen LogP contribution in [0.3, 0.4) is 0 Å². The van der Waals surface area contributed by atoms with Crippen LogP contribution in [0.4, 0.5) is 0 Å². The summed E-state index contributed by atoms with van der Waals surface area (Å²) in [6.07, 6.45) is 1.98. The minimum Gasteiger partial charge on any atom is -0.508 e. The molecular formula is C40H48O4. The van der Waals surface area contributed by atoms with Crippen LogP contribution in [0.1, 0.15) is 110 Å². The van der Waals surface area contributed by atoms with Crippen LogP contribution in [0.25, 0.3) is 0 Å². The molecule has 0 saturated carbocycles. The first-order chi connectivity index (χ1) is 20.3. The molecule has 0 spiro atoms. The zero-order chi connectivity index (χ0) is 32.6. The van der Waals surface area contributed by atoms with E-state index < -0.39 is 0 Å². The van der Waals surface area contributed by atoms with E-state index in [1.54, 1.807) is 12.1 Å². The average Bonchev–Trinajstić information content (AvgIpc) is 3.27. The van der Waals surface area contributed by atoms with E-state index in [9.17, 15) is 20.4 Å². The summed E-state index contributed by atoms with van der Waals surface area (Å²) in [5, 5.41) is 40.0. The minimum absolute atomic E-state index is 0.0638. The molecule has 2 atom stereocenters. The zero-order valence-corrected chi connectivity index (χ0v) is 28.0. The molecule has 4 heteroatoms. The summed E-state index contributed by atoms with van der Waals surface area (Å²) < 4.78 is 0. The van der Waals surface area contributed by atoms with Gasteiger partial charge in [0.15, 0.2) is 0 Å². The molecule has 4 nitrogen and oxygen atoms in total. The van der Waals surface area contributed by atoms with Crippen molar-refractivity contribution in [3.8, 4) is 23.0 Å². The largest absolute Gasteiger partial charge is 0.508 e. The van der Waals surface area contributed by atoms with E-state index in [-0.39, 0.29) is 21.7 Å². The van der Waals surface area contributed by atoms with Gasteiger partial charge in [-0.15, -0.1) is 0 Å².